The maximum absolute atomic E-state index is 6.88. The van der Waals surface area contributed by atoms with Gasteiger partial charge in [-0.05, 0) is 38.9 Å². The molecule has 1 rings (SSSR count). The summed E-state index contributed by atoms with van der Waals surface area (Å²) in [5.41, 5.74) is 0. The first-order valence-electron chi connectivity index (χ1n) is 5.17. The highest BCUT2D eigenvalue weighted by Crippen LogP contribution is 2.01. The minimum absolute atomic E-state index is 0.243. The van der Waals surface area contributed by atoms with Crippen molar-refractivity contribution < 1.29 is 0 Å². The van der Waals surface area contributed by atoms with E-state index in [4.69, 9.17) is 5.41 Å². The van der Waals surface area contributed by atoms with E-state index in [1.807, 2.05) is 0 Å². The van der Waals surface area contributed by atoms with Crippen LogP contribution in [-0.4, -0.2) is 44.1 Å². The van der Waals surface area contributed by atoms with Gasteiger partial charge < -0.3 is 10.7 Å². The van der Waals surface area contributed by atoms with Gasteiger partial charge in [-0.3, -0.25) is 4.99 Å². The lowest BCUT2D eigenvalue weighted by molar-refractivity contribution is 0.656. The number of rotatable bonds is 5. The maximum Gasteiger partial charge on any atom is 0.251 e. The molecule has 0 aromatic carbocycles. The summed E-state index contributed by atoms with van der Waals surface area (Å²) >= 11 is 0. The first-order valence-corrected chi connectivity index (χ1v) is 5.17. The summed E-state index contributed by atoms with van der Waals surface area (Å²) in [6.07, 6.45) is 5.13. The Bertz CT molecular complexity index is 380. The molecule has 0 spiro atoms. The van der Waals surface area contributed by atoms with E-state index in [-0.39, 0.29) is 5.96 Å². The van der Waals surface area contributed by atoms with E-state index in [2.05, 4.69) is 43.7 Å². The second-order valence-corrected chi connectivity index (χ2v) is 3.17. The van der Waals surface area contributed by atoms with Crippen LogP contribution >= 0.6 is 0 Å². The number of hydrogen-bond acceptors (Lipinski definition) is 7. The summed E-state index contributed by atoms with van der Waals surface area (Å²) in [6, 6.07) is 0. The van der Waals surface area contributed by atoms with Gasteiger partial charge in [0.05, 0.1) is 0 Å². The molecule has 0 aromatic rings. The van der Waals surface area contributed by atoms with Crippen LogP contribution in [0.15, 0.2) is 25.0 Å². The zero-order valence-corrected chi connectivity index (χ0v) is 9.50. The van der Waals surface area contributed by atoms with Crippen LogP contribution in [0, 0.1) is 5.41 Å². The molecule has 1 aliphatic heterocycles. The zero-order valence-electron chi connectivity index (χ0n) is 9.50. The van der Waals surface area contributed by atoms with Crippen molar-refractivity contribution in [2.75, 3.05) is 0 Å². The van der Waals surface area contributed by atoms with E-state index >= 15 is 0 Å². The summed E-state index contributed by atoms with van der Waals surface area (Å²) in [7, 11) is 0. The number of hydrogen-bond donors (Lipinski definition) is 2. The lowest BCUT2D eigenvalue weighted by Gasteiger charge is -2.14. The van der Waals surface area contributed by atoms with E-state index in [0.717, 1.165) is 19.3 Å². The molecular formula is C10H15N7. The van der Waals surface area contributed by atoms with Gasteiger partial charge in [0.25, 0.3) is 5.96 Å². The van der Waals surface area contributed by atoms with E-state index in [9.17, 15) is 0 Å². The molecule has 0 fully saturated rings. The molecule has 2 N–H and O–H groups in total. The first kappa shape index (κ1) is 12.9. The van der Waals surface area contributed by atoms with Gasteiger partial charge in [0, 0.05) is 6.21 Å². The average Bonchev–Trinajstić information content (AvgIpc) is 2.38. The van der Waals surface area contributed by atoms with Crippen molar-refractivity contribution >= 4 is 37.8 Å². The molecule has 90 valence electrons. The van der Waals surface area contributed by atoms with Crippen LogP contribution in [0.4, 0.5) is 0 Å². The Balaban J connectivity index is 2.52. The third kappa shape index (κ3) is 4.45. The van der Waals surface area contributed by atoms with Crippen molar-refractivity contribution in [3.63, 3.8) is 0 Å². The van der Waals surface area contributed by atoms with Crippen molar-refractivity contribution in [2.24, 2.45) is 25.0 Å². The van der Waals surface area contributed by atoms with Gasteiger partial charge in [0.15, 0.2) is 0 Å². The molecule has 1 unspecified atom stereocenters. The predicted octanol–water partition coefficient (Wildman–Crippen LogP) is 0.877. The second-order valence-electron chi connectivity index (χ2n) is 3.17. The summed E-state index contributed by atoms with van der Waals surface area (Å²) in [5.74, 6) is 0.580. The van der Waals surface area contributed by atoms with Crippen molar-refractivity contribution in [3.8, 4) is 0 Å². The molecule has 1 atom stereocenters. The summed E-state index contributed by atoms with van der Waals surface area (Å²) < 4.78 is 0. The Morgan fingerprint density at radius 2 is 2.18 bits per heavy atom. The highest BCUT2D eigenvalue weighted by Gasteiger charge is 2.13. The normalized spacial score (nSPS) is 19.2. The van der Waals surface area contributed by atoms with Crippen LogP contribution in [0.1, 0.15) is 19.3 Å². The smallest absolute Gasteiger partial charge is 0.251 e. The van der Waals surface area contributed by atoms with Gasteiger partial charge in [-0.2, -0.15) is 4.99 Å². The number of nitrogens with zero attached hydrogens (tertiary/aromatic N) is 5. The molecule has 0 bridgehead atoms. The van der Waals surface area contributed by atoms with Gasteiger partial charge >= 0.3 is 0 Å². The van der Waals surface area contributed by atoms with E-state index in [1.54, 1.807) is 6.21 Å². The van der Waals surface area contributed by atoms with Gasteiger partial charge in [0.1, 0.15) is 0 Å². The molecule has 17 heavy (non-hydrogen) atoms. The Morgan fingerprint density at radius 1 is 1.35 bits per heavy atom. The van der Waals surface area contributed by atoms with Crippen LogP contribution in [0.5, 0.6) is 0 Å². The number of unbranched alkanes of at least 4 members (excludes halogenated alkanes) is 2. The van der Waals surface area contributed by atoms with Crippen LogP contribution in [0.3, 0.4) is 0 Å². The average molecular weight is 233 g/mol. The van der Waals surface area contributed by atoms with E-state index in [0.29, 0.717) is 5.96 Å². The predicted molar refractivity (Wildman–Crippen MR) is 72.0 cm³/mol. The third-order valence-corrected chi connectivity index (χ3v) is 1.92. The van der Waals surface area contributed by atoms with Gasteiger partial charge in [-0.15, -0.1) is 0 Å². The second kappa shape index (κ2) is 7.15. The minimum atomic E-state index is -0.478. The molecule has 0 radical (unpaired) electrons. The Labute approximate surface area is 99.7 Å². The number of guanidine groups is 2. The fraction of sp³-hybridized carbons (Fsp3) is 0.400. The fourth-order valence-corrected chi connectivity index (χ4v) is 1.13. The Morgan fingerprint density at radius 3 is 2.82 bits per heavy atom. The van der Waals surface area contributed by atoms with Crippen molar-refractivity contribution in [1.29, 1.82) is 5.41 Å². The molecule has 0 aromatic heterocycles. The monoisotopic (exact) mass is 233 g/mol. The van der Waals surface area contributed by atoms with Crippen molar-refractivity contribution in [1.82, 2.24) is 5.32 Å². The Hall–Kier alpha value is -2.18. The zero-order chi connectivity index (χ0) is 12.5. The molecule has 7 nitrogen and oxygen atoms in total. The highest BCUT2D eigenvalue weighted by atomic mass is 15.4. The lowest BCUT2D eigenvalue weighted by Crippen LogP contribution is -2.35. The quantitative estimate of drug-likeness (QED) is 0.534. The SMILES string of the molecule is C=NC1=NC(/N=C\CCCC=N)NC(N=C)=N1. The largest absolute Gasteiger partial charge is 0.314 e. The van der Waals surface area contributed by atoms with Gasteiger partial charge in [-0.1, -0.05) is 0 Å². The first-order chi connectivity index (χ1) is 8.30. The van der Waals surface area contributed by atoms with Crippen LogP contribution in [0.25, 0.3) is 0 Å². The van der Waals surface area contributed by atoms with Crippen molar-refractivity contribution in [3.05, 3.63) is 0 Å². The molecule has 1 heterocycles. The summed E-state index contributed by atoms with van der Waals surface area (Å²) in [6.45, 7) is 6.72. The van der Waals surface area contributed by atoms with Crippen LogP contribution < -0.4 is 5.32 Å². The molecule has 0 saturated heterocycles. The molecule has 0 aliphatic carbocycles. The Kier molecular flexibility index (Phi) is 5.42. The maximum atomic E-state index is 6.88. The summed E-state index contributed by atoms with van der Waals surface area (Å²) in [4.78, 5) is 19.5. The van der Waals surface area contributed by atoms with E-state index in [1.165, 1.54) is 6.21 Å². The molecule has 1 aliphatic rings. The topological polar surface area (TPSA) is 97.7 Å². The molecule has 7 heteroatoms. The molecule has 0 amide bonds. The summed E-state index contributed by atoms with van der Waals surface area (Å²) in [5, 5.41) is 9.74. The minimum Gasteiger partial charge on any atom is -0.314 e. The van der Waals surface area contributed by atoms with Gasteiger partial charge in [-0.25, -0.2) is 15.0 Å². The fourth-order valence-electron chi connectivity index (χ4n) is 1.13. The third-order valence-electron chi connectivity index (χ3n) is 1.92. The molecular weight excluding hydrogens is 218 g/mol. The van der Waals surface area contributed by atoms with Crippen LogP contribution in [-0.2, 0) is 0 Å². The van der Waals surface area contributed by atoms with E-state index < -0.39 is 6.29 Å². The highest BCUT2D eigenvalue weighted by molar-refractivity contribution is 5.99. The molecule has 0 saturated carbocycles. The van der Waals surface area contributed by atoms with Gasteiger partial charge in [0.2, 0.25) is 12.2 Å². The lowest BCUT2D eigenvalue weighted by atomic mass is 10.3. The standard InChI is InChI=1S/C10H15N7/c1-12-8-15-9(13-2)17-10(16-8)14-7-5-3-4-6-11/h6-7,10-11H,1-5H2,(H,15,16,17)/b11-6?,14-7-. The number of nitrogens with one attached hydrogen (secondary N) is 2. The van der Waals surface area contributed by atoms with Crippen LogP contribution in [0.2, 0.25) is 0 Å². The van der Waals surface area contributed by atoms with Crippen molar-refractivity contribution in [2.45, 2.75) is 25.6 Å². The number of aliphatic imine (C=N–C) groups is 5.